The Morgan fingerprint density at radius 1 is 1.27 bits per heavy atom. The average molecular weight is 352 g/mol. The number of benzene rings is 2. The van der Waals surface area contributed by atoms with Crippen LogP contribution in [-0.2, 0) is 11.3 Å². The number of nitrogens with zero attached hydrogens (tertiary/aromatic N) is 4. The van der Waals surface area contributed by atoms with Gasteiger partial charge in [0.25, 0.3) is 5.69 Å². The number of non-ortho nitro benzene ring substituents is 1. The van der Waals surface area contributed by atoms with Gasteiger partial charge in [0, 0.05) is 32.1 Å². The van der Waals surface area contributed by atoms with E-state index in [0.29, 0.717) is 13.0 Å². The number of aryl methyl sites for hydroxylation is 1. The summed E-state index contributed by atoms with van der Waals surface area (Å²) in [5.74, 6) is -0.0261. The van der Waals surface area contributed by atoms with Crippen LogP contribution in [-0.4, -0.2) is 32.3 Å². The highest BCUT2D eigenvalue weighted by Gasteiger charge is 2.19. The molecule has 0 fully saturated rings. The highest BCUT2D eigenvalue weighted by molar-refractivity contribution is 5.77. The van der Waals surface area contributed by atoms with Crippen molar-refractivity contribution in [2.75, 3.05) is 7.05 Å². The molecule has 0 saturated heterocycles. The zero-order valence-corrected chi connectivity index (χ0v) is 14.7. The molecule has 0 bridgehead atoms. The lowest BCUT2D eigenvalue weighted by Crippen LogP contribution is -2.30. The summed E-state index contributed by atoms with van der Waals surface area (Å²) in [5, 5.41) is 10.9. The Kier molecular flexibility index (Phi) is 4.97. The number of hydrogen-bond donors (Lipinski definition) is 0. The van der Waals surface area contributed by atoms with Crippen molar-refractivity contribution in [1.82, 2.24) is 14.5 Å². The van der Waals surface area contributed by atoms with Gasteiger partial charge in [0.2, 0.25) is 5.91 Å². The molecule has 0 aliphatic heterocycles. The molecule has 3 rings (SSSR count). The van der Waals surface area contributed by atoms with Gasteiger partial charge < -0.3 is 9.47 Å². The molecule has 0 saturated carbocycles. The number of nitro benzene ring substituents is 1. The van der Waals surface area contributed by atoms with Crippen LogP contribution in [0.4, 0.5) is 5.69 Å². The third-order valence-corrected chi connectivity index (χ3v) is 4.63. The number of amides is 1. The molecule has 0 unspecified atom stereocenters. The predicted octanol–water partition coefficient (Wildman–Crippen LogP) is 3.55. The standard InChI is InChI=1S/C19H20N4O3/c1-14(15-6-5-7-16(12-15)23(25)26)21(2)19(24)10-11-22-13-20-17-8-3-4-9-18(17)22/h3-9,12-14H,10-11H2,1-2H3/t14-/m0/s1. The summed E-state index contributed by atoms with van der Waals surface area (Å²) in [4.78, 5) is 29.0. The molecule has 134 valence electrons. The van der Waals surface area contributed by atoms with E-state index in [0.717, 1.165) is 16.6 Å². The van der Waals surface area contributed by atoms with Crippen LogP contribution in [0.5, 0.6) is 0 Å². The van der Waals surface area contributed by atoms with E-state index in [9.17, 15) is 14.9 Å². The molecule has 0 spiro atoms. The number of fused-ring (bicyclic) bond motifs is 1. The molecule has 1 aromatic heterocycles. The summed E-state index contributed by atoms with van der Waals surface area (Å²) in [5.41, 5.74) is 2.66. The Labute approximate surface area is 151 Å². The molecule has 0 aliphatic carbocycles. The molecule has 0 N–H and O–H groups in total. The van der Waals surface area contributed by atoms with E-state index in [1.165, 1.54) is 12.1 Å². The minimum atomic E-state index is -0.428. The van der Waals surface area contributed by atoms with Gasteiger partial charge in [-0.3, -0.25) is 14.9 Å². The van der Waals surface area contributed by atoms with E-state index >= 15 is 0 Å². The van der Waals surface area contributed by atoms with E-state index in [2.05, 4.69) is 4.98 Å². The second kappa shape index (κ2) is 7.35. The first-order valence-electron chi connectivity index (χ1n) is 8.37. The van der Waals surface area contributed by atoms with Crippen molar-refractivity contribution in [1.29, 1.82) is 0 Å². The summed E-state index contributed by atoms with van der Waals surface area (Å²) >= 11 is 0. The van der Waals surface area contributed by atoms with Crippen molar-refractivity contribution in [2.24, 2.45) is 0 Å². The van der Waals surface area contributed by atoms with Gasteiger partial charge in [0.15, 0.2) is 0 Å². The number of rotatable bonds is 6. The molecular formula is C19H20N4O3. The number of aromatic nitrogens is 2. The molecule has 2 aromatic carbocycles. The van der Waals surface area contributed by atoms with Crippen LogP contribution in [0.25, 0.3) is 11.0 Å². The van der Waals surface area contributed by atoms with Crippen LogP contribution in [0, 0.1) is 10.1 Å². The van der Waals surface area contributed by atoms with E-state index in [4.69, 9.17) is 0 Å². The van der Waals surface area contributed by atoms with Crippen molar-refractivity contribution in [3.05, 3.63) is 70.5 Å². The number of carbonyl (C=O) groups is 1. The van der Waals surface area contributed by atoms with Crippen LogP contribution in [0.2, 0.25) is 0 Å². The van der Waals surface area contributed by atoms with Crippen LogP contribution < -0.4 is 0 Å². The summed E-state index contributed by atoms with van der Waals surface area (Å²) in [7, 11) is 1.72. The number of para-hydroxylation sites is 2. The lowest BCUT2D eigenvalue weighted by molar-refractivity contribution is -0.384. The molecule has 1 amide bonds. The molecule has 7 heteroatoms. The Bertz CT molecular complexity index is 951. The van der Waals surface area contributed by atoms with Crippen molar-refractivity contribution in [3.63, 3.8) is 0 Å². The summed E-state index contributed by atoms with van der Waals surface area (Å²) in [6.07, 6.45) is 2.07. The first-order chi connectivity index (χ1) is 12.5. The van der Waals surface area contributed by atoms with Gasteiger partial charge in [-0.25, -0.2) is 4.98 Å². The quantitative estimate of drug-likeness (QED) is 0.502. The smallest absolute Gasteiger partial charge is 0.269 e. The minimum absolute atomic E-state index is 0.0261. The van der Waals surface area contributed by atoms with Gasteiger partial charge in [-0.15, -0.1) is 0 Å². The number of hydrogen-bond acceptors (Lipinski definition) is 4. The molecule has 1 atom stereocenters. The van der Waals surface area contributed by atoms with Crippen molar-refractivity contribution < 1.29 is 9.72 Å². The highest BCUT2D eigenvalue weighted by atomic mass is 16.6. The molecule has 0 radical (unpaired) electrons. The lowest BCUT2D eigenvalue weighted by Gasteiger charge is -2.25. The molecular weight excluding hydrogens is 332 g/mol. The summed E-state index contributed by atoms with van der Waals surface area (Å²) in [6, 6.07) is 13.9. The molecule has 7 nitrogen and oxygen atoms in total. The zero-order chi connectivity index (χ0) is 18.7. The maximum Gasteiger partial charge on any atom is 0.269 e. The van der Waals surface area contributed by atoms with Gasteiger partial charge in [0.1, 0.15) is 0 Å². The summed E-state index contributed by atoms with van der Waals surface area (Å²) < 4.78 is 1.96. The molecule has 1 heterocycles. The SMILES string of the molecule is C[C@@H](c1cccc([N+](=O)[O-])c1)N(C)C(=O)CCn1cnc2ccccc21. The predicted molar refractivity (Wildman–Crippen MR) is 98.6 cm³/mol. The number of nitro groups is 1. The van der Waals surface area contributed by atoms with Gasteiger partial charge >= 0.3 is 0 Å². The first-order valence-corrected chi connectivity index (χ1v) is 8.37. The Morgan fingerprint density at radius 3 is 2.81 bits per heavy atom. The Balaban J connectivity index is 1.67. The normalized spacial score (nSPS) is 12.1. The lowest BCUT2D eigenvalue weighted by atomic mass is 10.1. The monoisotopic (exact) mass is 352 g/mol. The van der Waals surface area contributed by atoms with Gasteiger partial charge in [-0.05, 0) is 24.6 Å². The fourth-order valence-electron chi connectivity index (χ4n) is 2.92. The topological polar surface area (TPSA) is 81.3 Å². The van der Waals surface area contributed by atoms with Gasteiger partial charge in [0.05, 0.1) is 28.3 Å². The van der Waals surface area contributed by atoms with E-state index in [1.807, 2.05) is 35.8 Å². The van der Waals surface area contributed by atoms with Gasteiger partial charge in [-0.2, -0.15) is 0 Å². The maximum absolute atomic E-state index is 12.6. The van der Waals surface area contributed by atoms with Crippen LogP contribution >= 0.6 is 0 Å². The Morgan fingerprint density at radius 2 is 2.04 bits per heavy atom. The van der Waals surface area contributed by atoms with Crippen molar-refractivity contribution in [3.8, 4) is 0 Å². The van der Waals surface area contributed by atoms with E-state index in [-0.39, 0.29) is 17.6 Å². The van der Waals surface area contributed by atoms with E-state index < -0.39 is 4.92 Å². The molecule has 26 heavy (non-hydrogen) atoms. The van der Waals surface area contributed by atoms with Gasteiger partial charge in [-0.1, -0.05) is 24.3 Å². The number of carbonyl (C=O) groups excluding carboxylic acids is 1. The first kappa shape index (κ1) is 17.6. The third-order valence-electron chi connectivity index (χ3n) is 4.63. The fraction of sp³-hybridized carbons (Fsp3) is 0.263. The third kappa shape index (κ3) is 3.56. The summed E-state index contributed by atoms with van der Waals surface area (Å²) in [6.45, 7) is 2.40. The second-order valence-corrected chi connectivity index (χ2v) is 6.21. The van der Waals surface area contributed by atoms with E-state index in [1.54, 1.807) is 30.4 Å². The molecule has 0 aliphatic rings. The van der Waals surface area contributed by atoms with Crippen LogP contribution in [0.1, 0.15) is 24.9 Å². The fourth-order valence-corrected chi connectivity index (χ4v) is 2.92. The van der Waals surface area contributed by atoms with Crippen molar-refractivity contribution >= 4 is 22.6 Å². The zero-order valence-electron chi connectivity index (χ0n) is 14.7. The van der Waals surface area contributed by atoms with Crippen molar-refractivity contribution in [2.45, 2.75) is 25.9 Å². The maximum atomic E-state index is 12.6. The average Bonchev–Trinajstić information content (AvgIpc) is 3.08. The highest BCUT2D eigenvalue weighted by Crippen LogP contribution is 2.23. The van der Waals surface area contributed by atoms with Crippen LogP contribution in [0.3, 0.4) is 0 Å². The molecule has 3 aromatic rings. The largest absolute Gasteiger partial charge is 0.339 e. The Hall–Kier alpha value is -3.22. The number of imidazole rings is 1. The minimum Gasteiger partial charge on any atom is -0.339 e. The second-order valence-electron chi connectivity index (χ2n) is 6.21. The van der Waals surface area contributed by atoms with Crippen LogP contribution in [0.15, 0.2) is 54.9 Å².